The van der Waals surface area contributed by atoms with Crippen LogP contribution in [0.25, 0.3) is 0 Å². The van der Waals surface area contributed by atoms with Gasteiger partial charge in [-0.3, -0.25) is 9.59 Å². The van der Waals surface area contributed by atoms with Gasteiger partial charge in [-0.05, 0) is 30.4 Å². The number of rotatable bonds is 3. The van der Waals surface area contributed by atoms with Crippen molar-refractivity contribution in [3.8, 4) is 0 Å². The van der Waals surface area contributed by atoms with Crippen LogP contribution in [0, 0.1) is 23.7 Å². The molecule has 4 nitrogen and oxygen atoms in total. The van der Waals surface area contributed by atoms with E-state index in [4.69, 9.17) is 0 Å². The molecule has 0 saturated heterocycles. The van der Waals surface area contributed by atoms with Crippen LogP contribution in [0.3, 0.4) is 0 Å². The van der Waals surface area contributed by atoms with Crippen molar-refractivity contribution < 1.29 is 14.7 Å². The summed E-state index contributed by atoms with van der Waals surface area (Å²) < 4.78 is 0. The lowest BCUT2D eigenvalue weighted by molar-refractivity contribution is -0.146. The monoisotopic (exact) mass is 257 g/mol. The van der Waals surface area contributed by atoms with E-state index in [1.807, 2.05) is 30.4 Å². The number of hydrogen-bond donors (Lipinski definition) is 2. The molecule has 3 rings (SSSR count). The van der Waals surface area contributed by atoms with Crippen LogP contribution in [-0.4, -0.2) is 17.0 Å². The van der Waals surface area contributed by atoms with Gasteiger partial charge in [-0.15, -0.1) is 0 Å². The highest BCUT2D eigenvalue weighted by Crippen LogP contribution is 2.48. The number of para-hydroxylation sites is 1. The number of hydrogen-bond acceptors (Lipinski definition) is 2. The van der Waals surface area contributed by atoms with Gasteiger partial charge >= 0.3 is 5.97 Å². The summed E-state index contributed by atoms with van der Waals surface area (Å²) in [6.45, 7) is 0. The third-order valence-corrected chi connectivity index (χ3v) is 4.09. The van der Waals surface area contributed by atoms with E-state index in [2.05, 4.69) is 5.32 Å². The minimum Gasteiger partial charge on any atom is -0.481 e. The molecule has 19 heavy (non-hydrogen) atoms. The molecule has 98 valence electrons. The molecule has 1 saturated carbocycles. The number of amides is 1. The second kappa shape index (κ2) is 4.53. The zero-order valence-corrected chi connectivity index (χ0v) is 10.3. The Hall–Kier alpha value is -2.10. The number of anilines is 1. The number of carboxylic acids is 1. The molecule has 4 heteroatoms. The Morgan fingerprint density at radius 2 is 1.68 bits per heavy atom. The molecule has 1 aromatic rings. The van der Waals surface area contributed by atoms with Crippen molar-refractivity contribution in [2.24, 2.45) is 23.7 Å². The van der Waals surface area contributed by atoms with E-state index in [0.29, 0.717) is 5.69 Å². The summed E-state index contributed by atoms with van der Waals surface area (Å²) in [7, 11) is 0. The highest BCUT2D eigenvalue weighted by atomic mass is 16.4. The first kappa shape index (κ1) is 12.0. The van der Waals surface area contributed by atoms with Gasteiger partial charge in [0.25, 0.3) is 0 Å². The Labute approximate surface area is 111 Å². The van der Waals surface area contributed by atoms with Crippen molar-refractivity contribution in [2.75, 3.05) is 5.32 Å². The molecule has 0 heterocycles. The summed E-state index contributed by atoms with van der Waals surface area (Å²) in [5.74, 6) is -2.02. The summed E-state index contributed by atoms with van der Waals surface area (Å²) >= 11 is 0. The lowest BCUT2D eigenvalue weighted by atomic mass is 9.82. The smallest absolute Gasteiger partial charge is 0.307 e. The fourth-order valence-electron chi connectivity index (χ4n) is 3.26. The fraction of sp³-hybridized carbons (Fsp3) is 0.333. The lowest BCUT2D eigenvalue weighted by Gasteiger charge is -2.23. The first-order chi connectivity index (χ1) is 9.16. The molecular formula is C15H15NO3. The summed E-state index contributed by atoms with van der Waals surface area (Å²) in [5, 5.41) is 12.1. The van der Waals surface area contributed by atoms with Crippen molar-refractivity contribution in [3.63, 3.8) is 0 Å². The maximum Gasteiger partial charge on any atom is 0.307 e. The minimum absolute atomic E-state index is 0.00835. The largest absolute Gasteiger partial charge is 0.481 e. The highest BCUT2D eigenvalue weighted by molar-refractivity contribution is 5.96. The van der Waals surface area contributed by atoms with E-state index in [-0.39, 0.29) is 17.7 Å². The molecule has 2 N–H and O–H groups in total. The van der Waals surface area contributed by atoms with Gasteiger partial charge in [-0.2, -0.15) is 0 Å². The van der Waals surface area contributed by atoms with Crippen LogP contribution in [0.1, 0.15) is 6.42 Å². The molecule has 2 aliphatic carbocycles. The van der Waals surface area contributed by atoms with E-state index in [9.17, 15) is 14.7 Å². The first-order valence-corrected chi connectivity index (χ1v) is 6.44. The van der Waals surface area contributed by atoms with Crippen LogP contribution < -0.4 is 5.32 Å². The average Bonchev–Trinajstić information content (AvgIpc) is 2.99. The highest BCUT2D eigenvalue weighted by Gasteiger charge is 2.51. The number of benzene rings is 1. The number of carbonyl (C=O) groups excluding carboxylic acids is 1. The number of carboxylic acid groups (broad SMARTS) is 1. The Kier molecular flexibility index (Phi) is 2.85. The topological polar surface area (TPSA) is 66.4 Å². The zero-order valence-electron chi connectivity index (χ0n) is 10.3. The molecule has 4 unspecified atom stereocenters. The normalized spacial score (nSPS) is 31.4. The number of aliphatic carboxylic acids is 1. The third-order valence-electron chi connectivity index (χ3n) is 4.09. The number of carbonyl (C=O) groups is 2. The van der Waals surface area contributed by atoms with Crippen LogP contribution in [0.4, 0.5) is 5.69 Å². The molecule has 0 aromatic heterocycles. The Balaban J connectivity index is 1.79. The summed E-state index contributed by atoms with van der Waals surface area (Å²) in [4.78, 5) is 23.7. The number of allylic oxidation sites excluding steroid dienone is 2. The zero-order chi connectivity index (χ0) is 13.4. The fourth-order valence-corrected chi connectivity index (χ4v) is 3.26. The predicted molar refractivity (Wildman–Crippen MR) is 70.4 cm³/mol. The summed E-state index contributed by atoms with van der Waals surface area (Å²) in [6.07, 6.45) is 4.71. The van der Waals surface area contributed by atoms with E-state index >= 15 is 0 Å². The quantitative estimate of drug-likeness (QED) is 0.815. The summed E-state index contributed by atoms with van der Waals surface area (Å²) in [6, 6.07) is 9.15. The summed E-state index contributed by atoms with van der Waals surface area (Å²) in [5.41, 5.74) is 0.711. The molecule has 4 atom stereocenters. The van der Waals surface area contributed by atoms with Crippen LogP contribution in [0.2, 0.25) is 0 Å². The molecule has 1 amide bonds. The second-order valence-corrected chi connectivity index (χ2v) is 5.19. The maximum absolute atomic E-state index is 12.3. The van der Waals surface area contributed by atoms with E-state index < -0.39 is 17.8 Å². The Morgan fingerprint density at radius 3 is 2.32 bits per heavy atom. The van der Waals surface area contributed by atoms with Gasteiger partial charge in [-0.25, -0.2) is 0 Å². The molecule has 1 fully saturated rings. The Morgan fingerprint density at radius 1 is 1.05 bits per heavy atom. The standard InChI is InChI=1S/C15H15NO3/c17-14(16-11-4-2-1-3-5-11)12-9-6-7-10(8-9)13(12)15(18)19/h1-7,9-10,12-13H,8H2,(H,16,17)(H,18,19). The van der Waals surface area contributed by atoms with Crippen LogP contribution in [-0.2, 0) is 9.59 Å². The van der Waals surface area contributed by atoms with Crippen LogP contribution in [0.5, 0.6) is 0 Å². The maximum atomic E-state index is 12.3. The molecule has 0 spiro atoms. The van der Waals surface area contributed by atoms with Crippen LogP contribution in [0.15, 0.2) is 42.5 Å². The van der Waals surface area contributed by atoms with Gasteiger partial charge in [-0.1, -0.05) is 30.4 Å². The van der Waals surface area contributed by atoms with E-state index in [1.165, 1.54) is 0 Å². The SMILES string of the molecule is O=C(O)C1C2C=CC(C2)C1C(=O)Nc1ccccc1. The van der Waals surface area contributed by atoms with E-state index in [0.717, 1.165) is 6.42 Å². The van der Waals surface area contributed by atoms with Gasteiger partial charge in [0, 0.05) is 5.69 Å². The molecule has 2 aliphatic rings. The third kappa shape index (κ3) is 2.03. The van der Waals surface area contributed by atoms with Crippen LogP contribution >= 0.6 is 0 Å². The average molecular weight is 257 g/mol. The van der Waals surface area contributed by atoms with Gasteiger partial charge in [0.05, 0.1) is 11.8 Å². The Bertz CT molecular complexity index is 538. The van der Waals surface area contributed by atoms with E-state index in [1.54, 1.807) is 12.1 Å². The molecule has 0 radical (unpaired) electrons. The van der Waals surface area contributed by atoms with Gasteiger partial charge in [0.15, 0.2) is 0 Å². The molecule has 2 bridgehead atoms. The number of nitrogens with one attached hydrogen (secondary N) is 1. The minimum atomic E-state index is -0.870. The van der Waals surface area contributed by atoms with Gasteiger partial charge < -0.3 is 10.4 Å². The number of fused-ring (bicyclic) bond motifs is 2. The van der Waals surface area contributed by atoms with Crippen molar-refractivity contribution in [3.05, 3.63) is 42.5 Å². The molecule has 1 aromatic carbocycles. The van der Waals surface area contributed by atoms with Crippen molar-refractivity contribution in [1.82, 2.24) is 0 Å². The first-order valence-electron chi connectivity index (χ1n) is 6.44. The predicted octanol–water partition coefficient (Wildman–Crippen LogP) is 2.15. The second-order valence-electron chi connectivity index (χ2n) is 5.19. The van der Waals surface area contributed by atoms with Gasteiger partial charge in [0.2, 0.25) is 5.91 Å². The van der Waals surface area contributed by atoms with Gasteiger partial charge in [0.1, 0.15) is 0 Å². The molecular weight excluding hydrogens is 242 g/mol. The van der Waals surface area contributed by atoms with Crippen molar-refractivity contribution in [2.45, 2.75) is 6.42 Å². The lowest BCUT2D eigenvalue weighted by Crippen LogP contribution is -2.36. The molecule has 0 aliphatic heterocycles. The van der Waals surface area contributed by atoms with Crippen molar-refractivity contribution >= 4 is 17.6 Å². The van der Waals surface area contributed by atoms with Crippen molar-refractivity contribution in [1.29, 1.82) is 0 Å².